The topological polar surface area (TPSA) is 63.4 Å². The van der Waals surface area contributed by atoms with Crippen molar-refractivity contribution in [2.24, 2.45) is 0 Å². The van der Waals surface area contributed by atoms with E-state index in [4.69, 9.17) is 26.5 Å². The van der Waals surface area contributed by atoms with Gasteiger partial charge in [0.1, 0.15) is 5.75 Å². The minimum absolute atomic E-state index is 0.285. The third-order valence-electron chi connectivity index (χ3n) is 5.86. The number of anilines is 1. The second-order valence-corrected chi connectivity index (χ2v) is 8.51. The minimum atomic E-state index is -0.285. The highest BCUT2D eigenvalue weighted by Gasteiger charge is 2.35. The van der Waals surface area contributed by atoms with Gasteiger partial charge in [-0.3, -0.25) is 4.90 Å². The van der Waals surface area contributed by atoms with E-state index in [-0.39, 0.29) is 6.04 Å². The van der Waals surface area contributed by atoms with E-state index in [2.05, 4.69) is 29.5 Å². The molecule has 0 aliphatic carbocycles. The third-order valence-corrected chi connectivity index (χ3v) is 6.16. The molecule has 4 aromatic rings. The Hall–Kier alpha value is -3.97. The van der Waals surface area contributed by atoms with Gasteiger partial charge in [-0.2, -0.15) is 4.98 Å². The largest absolute Gasteiger partial charge is 0.497 e. The van der Waals surface area contributed by atoms with Crippen LogP contribution in [0.3, 0.4) is 0 Å². The zero-order chi connectivity index (χ0) is 23.7. The monoisotopic (exact) mass is 468 g/mol. The molecule has 0 saturated carbocycles. The summed E-state index contributed by atoms with van der Waals surface area (Å²) in [5.74, 6) is 1.74. The van der Waals surface area contributed by atoms with E-state index in [1.807, 2.05) is 78.6 Å². The summed E-state index contributed by atoms with van der Waals surface area (Å²) < 4.78 is 11.3. The van der Waals surface area contributed by atoms with E-state index in [1.165, 1.54) is 0 Å². The van der Waals surface area contributed by atoms with Gasteiger partial charge in [0.2, 0.25) is 5.82 Å². The van der Waals surface area contributed by atoms with Crippen LogP contribution in [0.5, 0.6) is 5.75 Å². The molecule has 0 radical (unpaired) electrons. The van der Waals surface area contributed by atoms with E-state index >= 15 is 0 Å². The highest BCUT2D eigenvalue weighted by molar-refractivity contribution is 7.80. The lowest BCUT2D eigenvalue weighted by Crippen LogP contribution is -2.46. The molecule has 34 heavy (non-hydrogen) atoms. The first-order chi connectivity index (χ1) is 16.5. The molecule has 7 heteroatoms. The number of hydrogen-bond donors (Lipinski definition) is 1. The van der Waals surface area contributed by atoms with Gasteiger partial charge >= 0.3 is 0 Å². The van der Waals surface area contributed by atoms with Gasteiger partial charge in [-0.05, 0) is 61.5 Å². The van der Waals surface area contributed by atoms with Crippen molar-refractivity contribution in [2.75, 3.05) is 12.0 Å². The standard InChI is InChI=1S/C27H24N4O2S/c1-17-9-7-13-21(15-17)31-18(2)23(26-29-25(30-33-26)19-10-5-4-6-11-19)24(28-27(31)34)20-12-8-14-22(16-20)32-3/h4-16,24H,1-3H3,(H,28,34). The molecule has 0 fully saturated rings. The number of hydrogen-bond acceptors (Lipinski definition) is 5. The predicted molar refractivity (Wildman–Crippen MR) is 137 cm³/mol. The van der Waals surface area contributed by atoms with Gasteiger partial charge in [0.15, 0.2) is 5.11 Å². The number of rotatable bonds is 5. The van der Waals surface area contributed by atoms with Crippen molar-refractivity contribution in [3.05, 3.63) is 102 Å². The zero-order valence-corrected chi connectivity index (χ0v) is 20.0. The van der Waals surface area contributed by atoms with E-state index in [1.54, 1.807) is 7.11 Å². The third kappa shape index (κ3) is 4.06. The first-order valence-corrected chi connectivity index (χ1v) is 11.4. The number of thiocarbonyl (C=S) groups is 1. The molecular weight excluding hydrogens is 444 g/mol. The van der Waals surface area contributed by atoms with Gasteiger partial charge in [-0.25, -0.2) is 0 Å². The molecule has 0 amide bonds. The van der Waals surface area contributed by atoms with Crippen LogP contribution < -0.4 is 15.0 Å². The number of methoxy groups -OCH3 is 1. The molecule has 1 aliphatic heterocycles. The Morgan fingerprint density at radius 2 is 1.76 bits per heavy atom. The molecule has 170 valence electrons. The number of aryl methyl sites for hydroxylation is 1. The highest BCUT2D eigenvalue weighted by Crippen LogP contribution is 2.40. The van der Waals surface area contributed by atoms with Gasteiger partial charge in [0.25, 0.3) is 5.89 Å². The molecule has 1 aliphatic rings. The summed E-state index contributed by atoms with van der Waals surface area (Å²) >= 11 is 5.84. The van der Waals surface area contributed by atoms with Crippen LogP contribution in [-0.4, -0.2) is 22.4 Å². The fraction of sp³-hybridized carbons (Fsp3) is 0.148. The minimum Gasteiger partial charge on any atom is -0.497 e. The van der Waals surface area contributed by atoms with Gasteiger partial charge < -0.3 is 14.6 Å². The molecule has 5 rings (SSSR count). The van der Waals surface area contributed by atoms with Crippen molar-refractivity contribution >= 4 is 28.6 Å². The van der Waals surface area contributed by atoms with Gasteiger partial charge in [-0.1, -0.05) is 59.8 Å². The zero-order valence-electron chi connectivity index (χ0n) is 19.1. The molecule has 1 aromatic heterocycles. The van der Waals surface area contributed by atoms with Crippen molar-refractivity contribution in [3.63, 3.8) is 0 Å². The fourth-order valence-corrected chi connectivity index (χ4v) is 4.57. The summed E-state index contributed by atoms with van der Waals surface area (Å²) in [6.07, 6.45) is 0. The summed E-state index contributed by atoms with van der Waals surface area (Å²) in [5, 5.41) is 8.36. The Bertz CT molecular complexity index is 1380. The number of nitrogens with zero attached hydrogens (tertiary/aromatic N) is 3. The summed E-state index contributed by atoms with van der Waals surface area (Å²) in [7, 11) is 1.66. The summed E-state index contributed by atoms with van der Waals surface area (Å²) in [6, 6.07) is 25.6. The van der Waals surface area contributed by atoms with Crippen LogP contribution >= 0.6 is 12.2 Å². The maximum absolute atomic E-state index is 5.84. The second kappa shape index (κ2) is 9.11. The Morgan fingerprint density at radius 1 is 0.971 bits per heavy atom. The lowest BCUT2D eigenvalue weighted by atomic mass is 9.94. The van der Waals surface area contributed by atoms with Crippen molar-refractivity contribution in [3.8, 4) is 17.1 Å². The lowest BCUT2D eigenvalue weighted by molar-refractivity contribution is 0.403. The number of benzene rings is 3. The number of ether oxygens (including phenoxy) is 1. The maximum Gasteiger partial charge on any atom is 0.258 e. The normalized spacial score (nSPS) is 15.9. The Balaban J connectivity index is 1.67. The summed E-state index contributed by atoms with van der Waals surface area (Å²) in [5.41, 5.74) is 5.78. The quantitative estimate of drug-likeness (QED) is 0.365. The summed E-state index contributed by atoms with van der Waals surface area (Å²) in [6.45, 7) is 4.09. The van der Waals surface area contributed by atoms with Crippen molar-refractivity contribution in [1.82, 2.24) is 15.5 Å². The maximum atomic E-state index is 5.84. The number of nitrogens with one attached hydrogen (secondary N) is 1. The van der Waals surface area contributed by atoms with E-state index in [0.29, 0.717) is 16.8 Å². The van der Waals surface area contributed by atoms with Crippen LogP contribution in [0.2, 0.25) is 0 Å². The molecule has 0 saturated heterocycles. The molecule has 6 nitrogen and oxygen atoms in total. The van der Waals surface area contributed by atoms with Gasteiger partial charge in [0.05, 0.1) is 18.7 Å². The molecule has 1 atom stereocenters. The van der Waals surface area contributed by atoms with E-state index < -0.39 is 0 Å². The second-order valence-electron chi connectivity index (χ2n) is 8.12. The van der Waals surface area contributed by atoms with Crippen molar-refractivity contribution in [1.29, 1.82) is 0 Å². The van der Waals surface area contributed by atoms with E-state index in [9.17, 15) is 0 Å². The van der Waals surface area contributed by atoms with E-state index in [0.717, 1.165) is 39.4 Å². The Kier molecular flexibility index (Phi) is 5.86. The summed E-state index contributed by atoms with van der Waals surface area (Å²) in [4.78, 5) is 6.78. The molecule has 2 heterocycles. The first kappa shape index (κ1) is 21.9. The van der Waals surface area contributed by atoms with Crippen LogP contribution in [0.4, 0.5) is 5.69 Å². The number of aromatic nitrogens is 2. The lowest BCUT2D eigenvalue weighted by Gasteiger charge is -2.37. The van der Waals surface area contributed by atoms with Crippen molar-refractivity contribution in [2.45, 2.75) is 19.9 Å². The number of allylic oxidation sites excluding steroid dienone is 1. The van der Waals surface area contributed by atoms with Crippen LogP contribution in [0.1, 0.15) is 30.0 Å². The molecule has 0 bridgehead atoms. The average Bonchev–Trinajstić information content (AvgIpc) is 3.34. The van der Waals surface area contributed by atoms with Crippen LogP contribution in [0.25, 0.3) is 17.0 Å². The van der Waals surface area contributed by atoms with Crippen LogP contribution in [0, 0.1) is 6.92 Å². The fourth-order valence-electron chi connectivity index (χ4n) is 4.21. The predicted octanol–water partition coefficient (Wildman–Crippen LogP) is 5.92. The molecular formula is C27H24N4O2S. The van der Waals surface area contributed by atoms with Crippen LogP contribution in [-0.2, 0) is 0 Å². The van der Waals surface area contributed by atoms with Crippen LogP contribution in [0.15, 0.2) is 89.1 Å². The molecule has 1 unspecified atom stereocenters. The average molecular weight is 469 g/mol. The Labute approximate surface area is 203 Å². The van der Waals surface area contributed by atoms with Gasteiger partial charge in [-0.15, -0.1) is 0 Å². The smallest absolute Gasteiger partial charge is 0.258 e. The SMILES string of the molecule is COc1cccc(C2NC(=S)N(c3cccc(C)c3)C(C)=C2c2nc(-c3ccccc3)no2)c1. The van der Waals surface area contributed by atoms with Crippen molar-refractivity contribution < 1.29 is 9.26 Å². The highest BCUT2D eigenvalue weighted by atomic mass is 32.1. The first-order valence-electron chi connectivity index (χ1n) is 11.0. The Morgan fingerprint density at radius 3 is 2.53 bits per heavy atom. The van der Waals surface area contributed by atoms with Gasteiger partial charge in [0, 0.05) is 16.9 Å². The molecule has 1 N–H and O–H groups in total. The molecule has 3 aromatic carbocycles. The molecule has 0 spiro atoms.